The zero-order valence-electron chi connectivity index (χ0n) is 7.81. The quantitative estimate of drug-likeness (QED) is 0.591. The predicted octanol–water partition coefficient (Wildman–Crippen LogP) is 2.75. The molecule has 15 heavy (non-hydrogen) atoms. The molecule has 0 spiro atoms. The molecular formula is C11H8ClNO2. The third-order valence-electron chi connectivity index (χ3n) is 1.99. The Kier molecular flexibility index (Phi) is 2.83. The number of ketones is 1. The lowest BCUT2D eigenvalue weighted by Gasteiger charge is -1.98. The summed E-state index contributed by atoms with van der Waals surface area (Å²) in [6.45, 7) is 0. The Morgan fingerprint density at radius 1 is 1.40 bits per heavy atom. The Morgan fingerprint density at radius 3 is 2.87 bits per heavy atom. The fraction of sp³-hybridized carbons (Fsp3) is 0.0909. The van der Waals surface area contributed by atoms with Gasteiger partial charge in [-0.2, -0.15) is 0 Å². The molecule has 0 fully saturated rings. The van der Waals surface area contributed by atoms with Crippen molar-refractivity contribution in [3.05, 3.63) is 53.2 Å². The number of rotatable bonds is 3. The number of hydrogen-bond acceptors (Lipinski definition) is 3. The van der Waals surface area contributed by atoms with Crippen LogP contribution in [0.3, 0.4) is 0 Å². The lowest BCUT2D eigenvalue weighted by Crippen LogP contribution is -2.02. The molecule has 0 saturated carbocycles. The van der Waals surface area contributed by atoms with Crippen molar-refractivity contribution in [2.75, 3.05) is 0 Å². The van der Waals surface area contributed by atoms with Crippen LogP contribution in [0.1, 0.15) is 15.9 Å². The number of halogens is 1. The molecule has 0 radical (unpaired) electrons. The van der Waals surface area contributed by atoms with E-state index in [0.717, 1.165) is 5.56 Å². The number of nitrogens with zero attached hydrogens (tertiary/aromatic N) is 1. The highest BCUT2D eigenvalue weighted by Gasteiger charge is 2.07. The molecule has 76 valence electrons. The number of carbonyl (C=O) groups excluding carboxylic acids is 1. The second-order valence-corrected chi connectivity index (χ2v) is 3.49. The first-order valence-corrected chi connectivity index (χ1v) is 4.79. The summed E-state index contributed by atoms with van der Waals surface area (Å²) in [4.78, 5) is 15.5. The maximum absolute atomic E-state index is 11.7. The van der Waals surface area contributed by atoms with Crippen molar-refractivity contribution >= 4 is 17.4 Å². The van der Waals surface area contributed by atoms with Crippen molar-refractivity contribution in [1.29, 1.82) is 0 Å². The molecule has 2 aromatic rings. The number of furan rings is 1. The molecule has 2 rings (SSSR count). The van der Waals surface area contributed by atoms with Gasteiger partial charge in [-0.05, 0) is 23.8 Å². The highest BCUT2D eigenvalue weighted by Crippen LogP contribution is 2.09. The van der Waals surface area contributed by atoms with Gasteiger partial charge in [-0.25, -0.2) is 4.98 Å². The van der Waals surface area contributed by atoms with Gasteiger partial charge in [0.2, 0.25) is 0 Å². The van der Waals surface area contributed by atoms with E-state index in [4.69, 9.17) is 16.0 Å². The predicted molar refractivity (Wildman–Crippen MR) is 56.0 cm³/mol. The van der Waals surface area contributed by atoms with Gasteiger partial charge < -0.3 is 4.42 Å². The van der Waals surface area contributed by atoms with Crippen LogP contribution in [0.15, 0.2) is 41.3 Å². The van der Waals surface area contributed by atoms with E-state index in [1.807, 2.05) is 0 Å². The molecule has 3 nitrogen and oxygen atoms in total. The molecule has 0 atom stereocenters. The minimum atomic E-state index is 0.000525. The number of hydrogen-bond donors (Lipinski definition) is 0. The minimum Gasteiger partial charge on any atom is -0.472 e. The molecule has 0 bridgehead atoms. The molecule has 0 aliphatic carbocycles. The molecule has 0 aliphatic rings. The van der Waals surface area contributed by atoms with E-state index in [2.05, 4.69) is 4.98 Å². The molecule has 0 amide bonds. The van der Waals surface area contributed by atoms with E-state index >= 15 is 0 Å². The van der Waals surface area contributed by atoms with E-state index in [-0.39, 0.29) is 5.78 Å². The zero-order chi connectivity index (χ0) is 10.7. The smallest absolute Gasteiger partial charge is 0.168 e. The lowest BCUT2D eigenvalue weighted by atomic mass is 10.1. The van der Waals surface area contributed by atoms with Gasteiger partial charge >= 0.3 is 0 Å². The van der Waals surface area contributed by atoms with Crippen LogP contribution in [0.25, 0.3) is 0 Å². The third-order valence-corrected chi connectivity index (χ3v) is 2.22. The van der Waals surface area contributed by atoms with E-state index in [0.29, 0.717) is 17.1 Å². The molecule has 0 saturated heterocycles. The van der Waals surface area contributed by atoms with Crippen molar-refractivity contribution < 1.29 is 9.21 Å². The lowest BCUT2D eigenvalue weighted by molar-refractivity contribution is 0.0992. The largest absolute Gasteiger partial charge is 0.472 e. The van der Waals surface area contributed by atoms with Crippen LogP contribution in [-0.2, 0) is 6.42 Å². The average Bonchev–Trinajstić information content (AvgIpc) is 2.71. The van der Waals surface area contributed by atoms with Crippen molar-refractivity contribution in [1.82, 2.24) is 4.98 Å². The second kappa shape index (κ2) is 4.28. The Hall–Kier alpha value is -1.61. The fourth-order valence-electron chi connectivity index (χ4n) is 1.22. The summed E-state index contributed by atoms with van der Waals surface area (Å²) in [5.41, 5.74) is 1.41. The minimum absolute atomic E-state index is 0.000525. The molecule has 4 heteroatoms. The molecule has 2 heterocycles. The first-order chi connectivity index (χ1) is 7.25. The molecular weight excluding hydrogens is 214 g/mol. The standard InChI is InChI=1S/C11H8ClNO2/c12-11-2-1-9(6-13-11)10(14)5-8-3-4-15-7-8/h1-4,6-7H,5H2. The number of Topliss-reactive ketones (excluding diaryl/α,β-unsaturated/α-hetero) is 1. The molecule has 0 unspecified atom stereocenters. The molecule has 0 N–H and O–H groups in total. The number of carbonyl (C=O) groups is 1. The summed E-state index contributed by atoms with van der Waals surface area (Å²) in [6.07, 6.45) is 4.90. The van der Waals surface area contributed by atoms with Gasteiger partial charge in [-0.1, -0.05) is 11.6 Å². The summed E-state index contributed by atoms with van der Waals surface area (Å²) in [5, 5.41) is 0.384. The van der Waals surface area contributed by atoms with Gasteiger partial charge in [-0.3, -0.25) is 4.79 Å². The average molecular weight is 222 g/mol. The Morgan fingerprint density at radius 2 is 2.27 bits per heavy atom. The normalized spacial score (nSPS) is 10.2. The summed E-state index contributed by atoms with van der Waals surface area (Å²) >= 11 is 5.62. The van der Waals surface area contributed by atoms with Gasteiger partial charge in [0.25, 0.3) is 0 Å². The number of pyridine rings is 1. The Bertz CT molecular complexity index is 448. The third kappa shape index (κ3) is 2.44. The Labute approximate surface area is 91.7 Å². The van der Waals surface area contributed by atoms with Crippen LogP contribution in [0, 0.1) is 0 Å². The van der Waals surface area contributed by atoms with E-state index < -0.39 is 0 Å². The number of aromatic nitrogens is 1. The van der Waals surface area contributed by atoms with Crippen molar-refractivity contribution in [3.8, 4) is 0 Å². The maximum Gasteiger partial charge on any atom is 0.168 e. The maximum atomic E-state index is 11.7. The highest BCUT2D eigenvalue weighted by molar-refractivity contribution is 6.29. The van der Waals surface area contributed by atoms with E-state index in [9.17, 15) is 4.79 Å². The first-order valence-electron chi connectivity index (χ1n) is 4.41. The topological polar surface area (TPSA) is 43.1 Å². The summed E-state index contributed by atoms with van der Waals surface area (Å²) in [5.74, 6) is 0.000525. The van der Waals surface area contributed by atoms with Crippen LogP contribution in [0.4, 0.5) is 0 Å². The van der Waals surface area contributed by atoms with Crippen LogP contribution >= 0.6 is 11.6 Å². The first kappa shape index (κ1) is 9.93. The molecule has 0 aliphatic heterocycles. The fourth-order valence-corrected chi connectivity index (χ4v) is 1.33. The van der Waals surface area contributed by atoms with Crippen molar-refractivity contribution in [2.45, 2.75) is 6.42 Å². The zero-order valence-corrected chi connectivity index (χ0v) is 8.57. The van der Waals surface area contributed by atoms with Crippen LogP contribution < -0.4 is 0 Å². The van der Waals surface area contributed by atoms with Crippen LogP contribution in [0.2, 0.25) is 5.15 Å². The van der Waals surface area contributed by atoms with Crippen LogP contribution in [0.5, 0.6) is 0 Å². The summed E-state index contributed by atoms with van der Waals surface area (Å²) in [6, 6.07) is 5.03. The highest BCUT2D eigenvalue weighted by atomic mass is 35.5. The van der Waals surface area contributed by atoms with Crippen LogP contribution in [-0.4, -0.2) is 10.8 Å². The van der Waals surface area contributed by atoms with Gasteiger partial charge in [-0.15, -0.1) is 0 Å². The van der Waals surface area contributed by atoms with Gasteiger partial charge in [0.05, 0.1) is 12.5 Å². The van der Waals surface area contributed by atoms with E-state index in [1.165, 1.54) is 6.20 Å². The van der Waals surface area contributed by atoms with E-state index in [1.54, 1.807) is 30.7 Å². The second-order valence-electron chi connectivity index (χ2n) is 3.10. The molecule has 0 aromatic carbocycles. The Balaban J connectivity index is 2.11. The van der Waals surface area contributed by atoms with Gasteiger partial charge in [0.15, 0.2) is 5.78 Å². The monoisotopic (exact) mass is 221 g/mol. The van der Waals surface area contributed by atoms with Crippen molar-refractivity contribution in [2.24, 2.45) is 0 Å². The van der Waals surface area contributed by atoms with Gasteiger partial charge in [0.1, 0.15) is 5.15 Å². The van der Waals surface area contributed by atoms with Crippen molar-refractivity contribution in [3.63, 3.8) is 0 Å². The molecule has 2 aromatic heterocycles. The SMILES string of the molecule is O=C(Cc1ccoc1)c1ccc(Cl)nc1. The van der Waals surface area contributed by atoms with Gasteiger partial charge in [0, 0.05) is 18.2 Å². The summed E-state index contributed by atoms with van der Waals surface area (Å²) in [7, 11) is 0. The summed E-state index contributed by atoms with van der Waals surface area (Å²) < 4.78 is 4.88.